The van der Waals surface area contributed by atoms with Gasteiger partial charge < -0.3 is 21.3 Å². The van der Waals surface area contributed by atoms with Gasteiger partial charge in [-0.25, -0.2) is 4.79 Å². The third-order valence-electron chi connectivity index (χ3n) is 4.78. The quantitative estimate of drug-likeness (QED) is 0.775. The maximum Gasteiger partial charge on any atom is 0.316 e. The molecule has 1 aliphatic heterocycles. The van der Waals surface area contributed by atoms with Gasteiger partial charge in [0.15, 0.2) is 0 Å². The van der Waals surface area contributed by atoms with E-state index in [0.717, 1.165) is 16.8 Å². The molecule has 7 nitrogen and oxygen atoms in total. The van der Waals surface area contributed by atoms with E-state index in [1.807, 2.05) is 32.0 Å². The molecule has 0 aliphatic carbocycles. The monoisotopic (exact) mass is 366 g/mol. The van der Waals surface area contributed by atoms with Crippen LogP contribution in [0, 0.1) is 19.8 Å². The highest BCUT2D eigenvalue weighted by atomic mass is 16.2. The third-order valence-corrected chi connectivity index (χ3v) is 4.78. The van der Waals surface area contributed by atoms with E-state index in [4.69, 9.17) is 5.73 Å². The summed E-state index contributed by atoms with van der Waals surface area (Å²) < 4.78 is 0. The summed E-state index contributed by atoms with van der Waals surface area (Å²) in [5, 5.41) is 5.28. The summed E-state index contributed by atoms with van der Waals surface area (Å²) in [6.07, 6.45) is 0.181. The zero-order chi connectivity index (χ0) is 19.6. The van der Waals surface area contributed by atoms with Gasteiger partial charge >= 0.3 is 6.03 Å². The number of carbonyl (C=O) groups excluding carboxylic acids is 3. The van der Waals surface area contributed by atoms with Crippen molar-refractivity contribution >= 4 is 34.9 Å². The molecular weight excluding hydrogens is 344 g/mol. The number of anilines is 3. The standard InChI is InChI=1S/C20H22N4O3/c1-12-4-3-5-17(13(12)2)24-11-14(10-18(24)25)19(26)22-15-6-8-16(9-7-15)23-20(21)27/h3-9,14H,10-11H2,1-2H3,(H,22,26)(H3,21,23,27). The van der Waals surface area contributed by atoms with Gasteiger partial charge in [-0.1, -0.05) is 12.1 Å². The van der Waals surface area contributed by atoms with Gasteiger partial charge in [-0.05, 0) is 55.3 Å². The fraction of sp³-hybridized carbons (Fsp3) is 0.250. The summed E-state index contributed by atoms with van der Waals surface area (Å²) in [4.78, 5) is 37.5. The van der Waals surface area contributed by atoms with Crippen LogP contribution >= 0.6 is 0 Å². The molecule has 0 spiro atoms. The van der Waals surface area contributed by atoms with Gasteiger partial charge in [-0.2, -0.15) is 0 Å². The Morgan fingerprint density at radius 3 is 2.30 bits per heavy atom. The third kappa shape index (κ3) is 4.08. The SMILES string of the molecule is Cc1cccc(N2CC(C(=O)Nc3ccc(NC(N)=O)cc3)CC2=O)c1C. The van der Waals surface area contributed by atoms with E-state index in [2.05, 4.69) is 10.6 Å². The predicted molar refractivity (Wildman–Crippen MR) is 105 cm³/mol. The molecule has 0 aromatic heterocycles. The Bertz CT molecular complexity index is 893. The van der Waals surface area contributed by atoms with E-state index in [-0.39, 0.29) is 18.2 Å². The summed E-state index contributed by atoms with van der Waals surface area (Å²) in [7, 11) is 0. The van der Waals surface area contributed by atoms with E-state index in [9.17, 15) is 14.4 Å². The van der Waals surface area contributed by atoms with Crippen LogP contribution in [0.2, 0.25) is 0 Å². The Morgan fingerprint density at radius 2 is 1.67 bits per heavy atom. The number of rotatable bonds is 4. The zero-order valence-corrected chi connectivity index (χ0v) is 15.3. The molecule has 0 saturated carbocycles. The summed E-state index contributed by atoms with van der Waals surface area (Å²) >= 11 is 0. The Morgan fingerprint density at radius 1 is 1.04 bits per heavy atom. The van der Waals surface area contributed by atoms with Gasteiger partial charge in [-0.3, -0.25) is 9.59 Å². The van der Waals surface area contributed by atoms with Gasteiger partial charge in [0, 0.05) is 30.0 Å². The maximum atomic E-state index is 12.6. The number of carbonyl (C=O) groups is 3. The van der Waals surface area contributed by atoms with Crippen molar-refractivity contribution in [2.24, 2.45) is 11.7 Å². The average molecular weight is 366 g/mol. The van der Waals surface area contributed by atoms with Gasteiger partial charge in [0.25, 0.3) is 0 Å². The molecule has 1 aliphatic rings. The van der Waals surface area contributed by atoms with Gasteiger partial charge in [0.2, 0.25) is 11.8 Å². The normalized spacial score (nSPS) is 16.3. The first kappa shape index (κ1) is 18.4. The van der Waals surface area contributed by atoms with E-state index in [0.29, 0.717) is 17.9 Å². The summed E-state index contributed by atoms with van der Waals surface area (Å²) in [6, 6.07) is 11.8. The highest BCUT2D eigenvalue weighted by molar-refractivity contribution is 6.04. The van der Waals surface area contributed by atoms with Crippen LogP contribution in [-0.2, 0) is 9.59 Å². The van der Waals surface area contributed by atoms with E-state index < -0.39 is 11.9 Å². The first-order valence-corrected chi connectivity index (χ1v) is 8.69. The second kappa shape index (κ2) is 7.49. The molecule has 140 valence electrons. The van der Waals surface area contributed by atoms with Crippen LogP contribution in [0.25, 0.3) is 0 Å². The number of benzene rings is 2. The highest BCUT2D eigenvalue weighted by Crippen LogP contribution is 2.30. The maximum absolute atomic E-state index is 12.6. The Labute approximate surface area is 157 Å². The predicted octanol–water partition coefficient (Wildman–Crippen LogP) is 2.79. The molecule has 1 unspecified atom stereocenters. The Kier molecular flexibility index (Phi) is 5.12. The second-order valence-electron chi connectivity index (χ2n) is 6.68. The van der Waals surface area contributed by atoms with E-state index in [1.165, 1.54) is 0 Å². The number of amides is 4. The molecule has 27 heavy (non-hydrogen) atoms. The minimum absolute atomic E-state index is 0.0511. The average Bonchev–Trinajstić information content (AvgIpc) is 3.00. The van der Waals surface area contributed by atoms with Crippen LogP contribution in [0.15, 0.2) is 42.5 Å². The van der Waals surface area contributed by atoms with Crippen LogP contribution in [0.5, 0.6) is 0 Å². The topological polar surface area (TPSA) is 105 Å². The Hall–Kier alpha value is -3.35. The van der Waals surface area contributed by atoms with Crippen LogP contribution in [-0.4, -0.2) is 24.4 Å². The number of nitrogens with one attached hydrogen (secondary N) is 2. The van der Waals surface area contributed by atoms with Crippen LogP contribution in [0.1, 0.15) is 17.5 Å². The number of hydrogen-bond donors (Lipinski definition) is 3. The molecule has 3 rings (SSSR count). The van der Waals surface area contributed by atoms with Gasteiger partial charge in [0.05, 0.1) is 5.92 Å². The number of hydrogen-bond acceptors (Lipinski definition) is 3. The van der Waals surface area contributed by atoms with E-state index >= 15 is 0 Å². The first-order chi connectivity index (χ1) is 12.8. The molecule has 1 fully saturated rings. The summed E-state index contributed by atoms with van der Waals surface area (Å²) in [5.74, 6) is -0.669. The largest absolute Gasteiger partial charge is 0.351 e. The second-order valence-corrected chi connectivity index (χ2v) is 6.68. The lowest BCUT2D eigenvalue weighted by atomic mass is 10.1. The van der Waals surface area contributed by atoms with E-state index in [1.54, 1.807) is 29.2 Å². The van der Waals surface area contributed by atoms with Crippen molar-refractivity contribution in [1.82, 2.24) is 0 Å². The fourth-order valence-corrected chi connectivity index (χ4v) is 3.17. The van der Waals surface area contributed by atoms with Gasteiger partial charge in [0.1, 0.15) is 0 Å². The molecule has 4 N–H and O–H groups in total. The van der Waals surface area contributed by atoms with Crippen molar-refractivity contribution < 1.29 is 14.4 Å². The highest BCUT2D eigenvalue weighted by Gasteiger charge is 2.35. The van der Waals surface area contributed by atoms with Crippen molar-refractivity contribution in [2.45, 2.75) is 20.3 Å². The smallest absolute Gasteiger partial charge is 0.316 e. The summed E-state index contributed by atoms with van der Waals surface area (Å²) in [6.45, 7) is 4.34. The first-order valence-electron chi connectivity index (χ1n) is 8.69. The number of aryl methyl sites for hydroxylation is 1. The van der Waals surface area contributed by atoms with Crippen molar-refractivity contribution in [1.29, 1.82) is 0 Å². The van der Waals surface area contributed by atoms with Crippen molar-refractivity contribution in [2.75, 3.05) is 22.1 Å². The summed E-state index contributed by atoms with van der Waals surface area (Å²) in [5.41, 5.74) is 9.21. The molecule has 7 heteroatoms. The number of nitrogens with zero attached hydrogens (tertiary/aromatic N) is 1. The Balaban J connectivity index is 1.67. The van der Waals surface area contributed by atoms with Gasteiger partial charge in [-0.15, -0.1) is 0 Å². The zero-order valence-electron chi connectivity index (χ0n) is 15.3. The molecule has 2 aromatic rings. The number of urea groups is 1. The molecule has 0 radical (unpaired) electrons. The molecule has 2 aromatic carbocycles. The molecule has 4 amide bonds. The van der Waals surface area contributed by atoms with Crippen LogP contribution < -0.4 is 21.3 Å². The van der Waals surface area contributed by atoms with Crippen LogP contribution in [0.3, 0.4) is 0 Å². The molecule has 1 heterocycles. The molecule has 0 bridgehead atoms. The van der Waals surface area contributed by atoms with Crippen molar-refractivity contribution in [3.63, 3.8) is 0 Å². The lowest BCUT2D eigenvalue weighted by Crippen LogP contribution is -2.28. The molecule has 1 saturated heterocycles. The van der Waals surface area contributed by atoms with Crippen molar-refractivity contribution in [3.8, 4) is 0 Å². The fourth-order valence-electron chi connectivity index (χ4n) is 3.17. The number of nitrogens with two attached hydrogens (primary N) is 1. The molecular formula is C20H22N4O3. The number of primary amides is 1. The molecule has 1 atom stereocenters. The lowest BCUT2D eigenvalue weighted by Gasteiger charge is -2.20. The minimum atomic E-state index is -0.650. The minimum Gasteiger partial charge on any atom is -0.351 e. The lowest BCUT2D eigenvalue weighted by molar-refractivity contribution is -0.122. The van der Waals surface area contributed by atoms with Crippen LogP contribution in [0.4, 0.5) is 21.9 Å². The van der Waals surface area contributed by atoms with Crippen molar-refractivity contribution in [3.05, 3.63) is 53.6 Å².